The molecule has 468 valence electrons. The van der Waals surface area contributed by atoms with Crippen molar-refractivity contribution in [3.05, 3.63) is 12.2 Å². The van der Waals surface area contributed by atoms with Crippen molar-refractivity contribution in [3.63, 3.8) is 0 Å². The van der Waals surface area contributed by atoms with E-state index in [4.69, 9.17) is 18.9 Å². The minimum Gasteiger partial charge on any atom is -0.477 e. The second-order valence-corrected chi connectivity index (χ2v) is 25.2. The number of esters is 2. The van der Waals surface area contributed by atoms with Crippen LogP contribution in [0.15, 0.2) is 12.2 Å². The third kappa shape index (κ3) is 63.5. The van der Waals surface area contributed by atoms with Gasteiger partial charge in [-0.25, -0.2) is 4.79 Å². The van der Waals surface area contributed by atoms with Gasteiger partial charge in [-0.15, -0.1) is 0 Å². The standard InChI is InChI=1S/C70H135NO8/c1-6-8-10-12-14-16-18-20-22-24-26-27-28-29-30-31-32-33-34-35-36-37-38-39-40-41-43-44-46-48-50-52-54-56-58-60-67(72)77-64-66(65-78-70(69(74)75)76-63-62-71(3,4)5)79-68(73)61-59-57-55-53-51-49-47-45-42-25-23-21-19-17-15-13-11-9-7-2/h21,23,66,70H,6-20,22,24-65H2,1-5H3/p+1/b23-21-. The van der Waals surface area contributed by atoms with E-state index in [1.807, 2.05) is 21.1 Å². The molecule has 0 aliphatic carbocycles. The fourth-order valence-corrected chi connectivity index (χ4v) is 10.7. The molecule has 0 rings (SSSR count). The van der Waals surface area contributed by atoms with Gasteiger partial charge in [-0.3, -0.25) is 9.59 Å². The van der Waals surface area contributed by atoms with Crippen LogP contribution in [0.3, 0.4) is 0 Å². The number of carboxylic acid groups (broad SMARTS) is 1. The Morgan fingerprint density at radius 3 is 0.937 bits per heavy atom. The van der Waals surface area contributed by atoms with Gasteiger partial charge in [0.05, 0.1) is 34.4 Å². The van der Waals surface area contributed by atoms with Crippen LogP contribution >= 0.6 is 0 Å². The molecule has 0 spiro atoms. The van der Waals surface area contributed by atoms with E-state index in [9.17, 15) is 19.5 Å². The number of quaternary nitrogens is 1. The molecule has 79 heavy (non-hydrogen) atoms. The number of unbranched alkanes of at least 4 members (excludes halogenated alkanes) is 49. The number of carboxylic acids is 1. The van der Waals surface area contributed by atoms with Gasteiger partial charge in [0.1, 0.15) is 13.2 Å². The van der Waals surface area contributed by atoms with Crippen molar-refractivity contribution in [2.75, 3.05) is 47.5 Å². The summed E-state index contributed by atoms with van der Waals surface area (Å²) in [6, 6.07) is 0. The third-order valence-electron chi connectivity index (χ3n) is 16.0. The lowest BCUT2D eigenvalue weighted by atomic mass is 10.0. The van der Waals surface area contributed by atoms with Crippen LogP contribution < -0.4 is 0 Å². The van der Waals surface area contributed by atoms with Crippen LogP contribution in [0.1, 0.15) is 361 Å². The van der Waals surface area contributed by atoms with Crippen molar-refractivity contribution in [2.24, 2.45) is 0 Å². The second-order valence-electron chi connectivity index (χ2n) is 25.2. The zero-order valence-electron chi connectivity index (χ0n) is 53.6. The molecule has 0 bridgehead atoms. The van der Waals surface area contributed by atoms with Crippen molar-refractivity contribution in [1.82, 2.24) is 0 Å². The predicted molar refractivity (Wildman–Crippen MR) is 337 cm³/mol. The van der Waals surface area contributed by atoms with Crippen LogP contribution in [0.25, 0.3) is 0 Å². The Balaban J connectivity index is 3.97. The summed E-state index contributed by atoms with van der Waals surface area (Å²) < 4.78 is 23.0. The average molecular weight is 1120 g/mol. The number of rotatable bonds is 66. The minimum absolute atomic E-state index is 0.176. The Morgan fingerprint density at radius 2 is 0.646 bits per heavy atom. The van der Waals surface area contributed by atoms with E-state index >= 15 is 0 Å². The number of ether oxygens (including phenoxy) is 4. The number of aliphatic carboxylic acids is 1. The molecule has 1 N–H and O–H groups in total. The van der Waals surface area contributed by atoms with Gasteiger partial charge in [0, 0.05) is 12.8 Å². The molecular formula is C70H136NO8+. The first-order chi connectivity index (χ1) is 38.6. The minimum atomic E-state index is -1.51. The van der Waals surface area contributed by atoms with Crippen LogP contribution in [0.2, 0.25) is 0 Å². The molecule has 0 radical (unpaired) electrons. The first kappa shape index (κ1) is 77.0. The second kappa shape index (κ2) is 62.1. The van der Waals surface area contributed by atoms with Crippen LogP contribution in [-0.4, -0.2) is 87.4 Å². The Labute approximate surface area is 491 Å². The highest BCUT2D eigenvalue weighted by Gasteiger charge is 2.25. The molecule has 2 atom stereocenters. The molecule has 0 amide bonds. The number of hydrogen-bond donors (Lipinski definition) is 1. The van der Waals surface area contributed by atoms with E-state index in [0.29, 0.717) is 17.4 Å². The lowest BCUT2D eigenvalue weighted by Crippen LogP contribution is -2.40. The van der Waals surface area contributed by atoms with Crippen LogP contribution in [0, 0.1) is 0 Å². The lowest BCUT2D eigenvalue weighted by Gasteiger charge is -2.25. The van der Waals surface area contributed by atoms with E-state index in [2.05, 4.69) is 26.0 Å². The van der Waals surface area contributed by atoms with Crippen LogP contribution in [-0.2, 0) is 33.3 Å². The molecule has 9 nitrogen and oxygen atoms in total. The van der Waals surface area contributed by atoms with Gasteiger partial charge in [0.15, 0.2) is 6.10 Å². The SMILES string of the molecule is CCCCCCCC/C=C\CCCCCCCCCCCC(=O)OC(COC(=O)CCCCCCCCCCCCCCCCCCCCCCCCCCCCCCCCCCCCC)COC(OCC[N+](C)(C)C)C(=O)O. The Kier molecular flexibility index (Phi) is 60.5. The Hall–Kier alpha value is -1.97. The van der Waals surface area contributed by atoms with Crippen molar-refractivity contribution < 1.29 is 42.9 Å². The normalized spacial score (nSPS) is 12.7. The molecule has 0 aliphatic rings. The molecule has 0 aromatic carbocycles. The number of carbonyl (C=O) groups excluding carboxylic acids is 2. The largest absolute Gasteiger partial charge is 0.477 e. The van der Waals surface area contributed by atoms with Gasteiger partial charge < -0.3 is 28.5 Å². The Bertz CT molecular complexity index is 1300. The summed E-state index contributed by atoms with van der Waals surface area (Å²) >= 11 is 0. The highest BCUT2D eigenvalue weighted by molar-refractivity contribution is 5.71. The molecule has 0 aromatic rings. The molecule has 2 unspecified atom stereocenters. The number of allylic oxidation sites excluding steroid dienone is 2. The van der Waals surface area contributed by atoms with E-state index in [0.717, 1.165) is 38.5 Å². The quantitative estimate of drug-likeness (QED) is 0.0211. The van der Waals surface area contributed by atoms with Gasteiger partial charge in [-0.1, -0.05) is 321 Å². The molecule has 0 aromatic heterocycles. The van der Waals surface area contributed by atoms with E-state index < -0.39 is 18.4 Å². The molecular weight excluding hydrogens is 983 g/mol. The van der Waals surface area contributed by atoms with E-state index in [-0.39, 0.29) is 38.2 Å². The smallest absolute Gasteiger partial charge is 0.361 e. The van der Waals surface area contributed by atoms with Gasteiger partial charge in [-0.2, -0.15) is 0 Å². The van der Waals surface area contributed by atoms with Crippen LogP contribution in [0.4, 0.5) is 0 Å². The summed E-state index contributed by atoms with van der Waals surface area (Å²) in [4.78, 5) is 37.5. The maximum atomic E-state index is 12.9. The first-order valence-corrected chi connectivity index (χ1v) is 34.9. The summed E-state index contributed by atoms with van der Waals surface area (Å²) in [6.45, 7) is 4.94. The predicted octanol–water partition coefficient (Wildman–Crippen LogP) is 21.3. The molecule has 0 fully saturated rings. The summed E-state index contributed by atoms with van der Waals surface area (Å²) in [7, 11) is 5.99. The van der Waals surface area contributed by atoms with Crippen molar-refractivity contribution in [1.29, 1.82) is 0 Å². The van der Waals surface area contributed by atoms with E-state index in [1.165, 1.54) is 295 Å². The fourth-order valence-electron chi connectivity index (χ4n) is 10.7. The molecule has 0 saturated carbocycles. The zero-order valence-corrected chi connectivity index (χ0v) is 53.6. The summed E-state index contributed by atoms with van der Waals surface area (Å²) in [5, 5.41) is 9.73. The van der Waals surface area contributed by atoms with Crippen molar-refractivity contribution in [2.45, 2.75) is 373 Å². The molecule has 0 heterocycles. The fraction of sp³-hybridized carbons (Fsp3) is 0.929. The first-order valence-electron chi connectivity index (χ1n) is 34.9. The number of carbonyl (C=O) groups is 3. The summed E-state index contributed by atoms with van der Waals surface area (Å²) in [5.41, 5.74) is 0. The van der Waals surface area contributed by atoms with Gasteiger partial charge in [-0.05, 0) is 38.5 Å². The van der Waals surface area contributed by atoms with Gasteiger partial charge in [0.2, 0.25) is 0 Å². The Morgan fingerprint density at radius 1 is 0.367 bits per heavy atom. The number of likely N-dealkylation sites (N-methyl/N-ethyl adjacent to an activating group) is 1. The highest BCUT2D eigenvalue weighted by atomic mass is 16.7. The molecule has 9 heteroatoms. The monoisotopic (exact) mass is 1120 g/mol. The zero-order chi connectivity index (χ0) is 57.6. The summed E-state index contributed by atoms with van der Waals surface area (Å²) in [5.74, 6) is -1.98. The molecule has 0 aliphatic heterocycles. The number of nitrogens with zero attached hydrogens (tertiary/aromatic N) is 1. The maximum Gasteiger partial charge on any atom is 0.361 e. The van der Waals surface area contributed by atoms with Crippen molar-refractivity contribution in [3.8, 4) is 0 Å². The topological polar surface area (TPSA) is 108 Å². The van der Waals surface area contributed by atoms with Gasteiger partial charge in [0.25, 0.3) is 6.29 Å². The average Bonchev–Trinajstić information content (AvgIpc) is 3.42. The maximum absolute atomic E-state index is 12.9. The van der Waals surface area contributed by atoms with E-state index in [1.54, 1.807) is 0 Å². The third-order valence-corrected chi connectivity index (χ3v) is 16.0. The van der Waals surface area contributed by atoms with Gasteiger partial charge >= 0.3 is 17.9 Å². The van der Waals surface area contributed by atoms with Crippen LogP contribution in [0.5, 0.6) is 0 Å². The van der Waals surface area contributed by atoms with Crippen molar-refractivity contribution >= 4 is 17.9 Å². The number of hydrogen-bond acceptors (Lipinski definition) is 7. The molecule has 0 saturated heterocycles. The summed E-state index contributed by atoms with van der Waals surface area (Å²) in [6.07, 6.45) is 72.0. The lowest BCUT2D eigenvalue weighted by molar-refractivity contribution is -0.870. The highest BCUT2D eigenvalue weighted by Crippen LogP contribution is 2.19.